The van der Waals surface area contributed by atoms with Crippen molar-refractivity contribution in [2.75, 3.05) is 35.5 Å². The number of hydrogen-bond acceptors (Lipinski definition) is 3. The van der Waals surface area contributed by atoms with Crippen molar-refractivity contribution in [2.24, 2.45) is 0 Å². The summed E-state index contributed by atoms with van der Waals surface area (Å²) >= 11 is 0. The number of amides is 2. The lowest BCUT2D eigenvalue weighted by molar-refractivity contribution is 0.207. The first kappa shape index (κ1) is 15.6. The number of urea groups is 1. The molecule has 0 bridgehead atoms. The fourth-order valence-corrected chi connectivity index (χ4v) is 3.45. The molecule has 0 spiro atoms. The first-order valence-electron chi connectivity index (χ1n) is 7.06. The molecular weight excluding hydrogens is 290 g/mol. The lowest BCUT2D eigenvalue weighted by Crippen LogP contribution is -2.47. The summed E-state index contributed by atoms with van der Waals surface area (Å²) in [5, 5.41) is 0. The largest absolute Gasteiger partial charge is 0.327 e. The molecule has 0 radical (unpaired) electrons. The van der Waals surface area contributed by atoms with Crippen molar-refractivity contribution in [2.45, 2.75) is 19.8 Å². The molecule has 1 fully saturated rings. The number of carbonyl (C=O) groups is 1. The molecule has 1 heterocycles. The molecule has 0 atom stereocenters. The van der Waals surface area contributed by atoms with Crippen LogP contribution in [0.2, 0.25) is 0 Å². The summed E-state index contributed by atoms with van der Waals surface area (Å²) in [5.74, 6) is 0.101. The van der Waals surface area contributed by atoms with Crippen LogP contribution in [0.15, 0.2) is 24.3 Å². The van der Waals surface area contributed by atoms with Crippen molar-refractivity contribution in [3.8, 4) is 0 Å². The van der Waals surface area contributed by atoms with E-state index in [1.165, 1.54) is 0 Å². The van der Waals surface area contributed by atoms with Gasteiger partial charge in [-0.1, -0.05) is 6.92 Å². The van der Waals surface area contributed by atoms with E-state index in [0.29, 0.717) is 18.7 Å². The van der Waals surface area contributed by atoms with Crippen molar-refractivity contribution in [3.05, 3.63) is 24.3 Å². The zero-order valence-electron chi connectivity index (χ0n) is 12.4. The molecule has 6 nitrogen and oxygen atoms in total. The highest BCUT2D eigenvalue weighted by Crippen LogP contribution is 2.22. The second-order valence-corrected chi connectivity index (χ2v) is 7.02. The third kappa shape index (κ3) is 3.87. The van der Waals surface area contributed by atoms with Crippen LogP contribution in [0.4, 0.5) is 16.2 Å². The van der Waals surface area contributed by atoms with E-state index in [9.17, 15) is 13.2 Å². The van der Waals surface area contributed by atoms with Crippen LogP contribution < -0.4 is 9.62 Å². The van der Waals surface area contributed by atoms with Gasteiger partial charge in [-0.15, -0.1) is 0 Å². The Bertz CT molecular complexity index is 598. The smallest absolute Gasteiger partial charge is 0.324 e. The maximum Gasteiger partial charge on any atom is 0.324 e. The van der Waals surface area contributed by atoms with Crippen molar-refractivity contribution in [1.82, 2.24) is 4.90 Å². The summed E-state index contributed by atoms with van der Waals surface area (Å²) in [4.78, 5) is 15.4. The first-order valence-corrected chi connectivity index (χ1v) is 8.71. The molecule has 1 aliphatic heterocycles. The van der Waals surface area contributed by atoms with Crippen LogP contribution in [-0.2, 0) is 10.0 Å². The van der Waals surface area contributed by atoms with Crippen molar-refractivity contribution >= 4 is 27.4 Å². The molecule has 0 aromatic heterocycles. The average Bonchev–Trinajstić information content (AvgIpc) is 2.42. The van der Waals surface area contributed by atoms with E-state index in [0.717, 1.165) is 18.7 Å². The van der Waals surface area contributed by atoms with E-state index in [1.54, 1.807) is 41.1 Å². The van der Waals surface area contributed by atoms with Gasteiger partial charge in [-0.25, -0.2) is 13.2 Å². The minimum atomic E-state index is -3.28. The van der Waals surface area contributed by atoms with Gasteiger partial charge in [0.05, 0.1) is 5.75 Å². The first-order chi connectivity index (χ1) is 9.93. The lowest BCUT2D eigenvalue weighted by atomic mass is 10.2. The highest BCUT2D eigenvalue weighted by atomic mass is 32.2. The van der Waals surface area contributed by atoms with Gasteiger partial charge in [-0.05, 0) is 37.1 Å². The van der Waals surface area contributed by atoms with Gasteiger partial charge in [0.15, 0.2) is 0 Å². The minimum absolute atomic E-state index is 0.0273. The number of nitrogens with one attached hydrogen (secondary N) is 1. The molecule has 0 aliphatic carbocycles. The van der Waals surface area contributed by atoms with Crippen molar-refractivity contribution in [1.29, 1.82) is 0 Å². The highest BCUT2D eigenvalue weighted by Gasteiger charge is 2.23. The summed E-state index contributed by atoms with van der Waals surface area (Å²) in [6, 6.07) is 6.87. The summed E-state index contributed by atoms with van der Waals surface area (Å²) in [6.07, 6.45) is 1.50. The average molecular weight is 311 g/mol. The Morgan fingerprint density at radius 1 is 1.19 bits per heavy atom. The Kier molecular flexibility index (Phi) is 4.72. The van der Waals surface area contributed by atoms with Crippen LogP contribution in [0, 0.1) is 0 Å². The third-order valence-electron chi connectivity index (χ3n) is 3.36. The number of anilines is 2. The number of nitrogens with zero attached hydrogens (tertiary/aromatic N) is 2. The van der Waals surface area contributed by atoms with Crippen LogP contribution in [-0.4, -0.2) is 45.2 Å². The molecule has 0 saturated carbocycles. The normalized spacial score (nSPS) is 16.2. The molecule has 2 rings (SSSR count). The Balaban J connectivity index is 2.10. The molecule has 21 heavy (non-hydrogen) atoms. The third-order valence-corrected chi connectivity index (χ3v) is 4.85. The van der Waals surface area contributed by atoms with Gasteiger partial charge in [0.25, 0.3) is 0 Å². The van der Waals surface area contributed by atoms with Gasteiger partial charge in [0.2, 0.25) is 10.0 Å². The summed E-state index contributed by atoms with van der Waals surface area (Å²) in [5.41, 5.74) is 1.30. The van der Waals surface area contributed by atoms with Crippen molar-refractivity contribution in [3.63, 3.8) is 0 Å². The monoisotopic (exact) mass is 311 g/mol. The Labute approximate surface area is 125 Å². The van der Waals surface area contributed by atoms with Crippen LogP contribution in [0.5, 0.6) is 0 Å². The van der Waals surface area contributed by atoms with E-state index < -0.39 is 10.0 Å². The molecule has 2 amide bonds. The zero-order chi connectivity index (χ0) is 15.5. The van der Waals surface area contributed by atoms with E-state index in [4.69, 9.17) is 0 Å². The topological polar surface area (TPSA) is 69.7 Å². The Hall–Kier alpha value is -1.76. The maximum atomic E-state index is 12.1. The standard InChI is InChI=1S/C14H21N3O3S/c1-3-11-21(19,20)15-12-5-7-13(8-6-12)17-10-4-9-16(2)14(17)18/h5-8,15H,3-4,9-11H2,1-2H3. The van der Waals surface area contributed by atoms with Gasteiger partial charge in [0.1, 0.15) is 0 Å². The second kappa shape index (κ2) is 6.34. The van der Waals surface area contributed by atoms with Crippen LogP contribution >= 0.6 is 0 Å². The lowest BCUT2D eigenvalue weighted by Gasteiger charge is -2.33. The summed E-state index contributed by atoms with van der Waals surface area (Å²) in [7, 11) is -1.50. The predicted molar refractivity (Wildman–Crippen MR) is 84.1 cm³/mol. The quantitative estimate of drug-likeness (QED) is 0.905. The fourth-order valence-electron chi connectivity index (χ4n) is 2.31. The molecule has 116 valence electrons. The molecule has 7 heteroatoms. The molecule has 1 saturated heterocycles. The summed E-state index contributed by atoms with van der Waals surface area (Å²) in [6.45, 7) is 3.27. The van der Waals surface area contributed by atoms with E-state index >= 15 is 0 Å². The maximum absolute atomic E-state index is 12.1. The number of sulfonamides is 1. The molecule has 0 unspecified atom stereocenters. The van der Waals surface area contributed by atoms with E-state index in [-0.39, 0.29) is 11.8 Å². The predicted octanol–water partition coefficient (Wildman–Crippen LogP) is 2.10. The molecule has 1 aliphatic rings. The summed E-state index contributed by atoms with van der Waals surface area (Å²) < 4.78 is 25.9. The second-order valence-electron chi connectivity index (χ2n) is 5.18. The minimum Gasteiger partial charge on any atom is -0.327 e. The van der Waals surface area contributed by atoms with Gasteiger partial charge < -0.3 is 4.90 Å². The van der Waals surface area contributed by atoms with E-state index in [2.05, 4.69) is 4.72 Å². The fraction of sp³-hybridized carbons (Fsp3) is 0.500. The highest BCUT2D eigenvalue weighted by molar-refractivity contribution is 7.92. The van der Waals surface area contributed by atoms with Gasteiger partial charge >= 0.3 is 6.03 Å². The molecule has 1 aromatic carbocycles. The Morgan fingerprint density at radius 3 is 2.48 bits per heavy atom. The number of rotatable bonds is 5. The number of benzene rings is 1. The molecule has 1 aromatic rings. The number of hydrogen-bond donors (Lipinski definition) is 1. The Morgan fingerprint density at radius 2 is 1.86 bits per heavy atom. The molecule has 1 N–H and O–H groups in total. The van der Waals surface area contributed by atoms with Crippen LogP contribution in [0.25, 0.3) is 0 Å². The number of carbonyl (C=O) groups excluding carboxylic acids is 1. The van der Waals surface area contributed by atoms with Gasteiger partial charge in [-0.2, -0.15) is 0 Å². The van der Waals surface area contributed by atoms with E-state index in [1.807, 2.05) is 6.92 Å². The molecular formula is C14H21N3O3S. The SMILES string of the molecule is CCCS(=O)(=O)Nc1ccc(N2CCCN(C)C2=O)cc1. The van der Waals surface area contributed by atoms with Crippen molar-refractivity contribution < 1.29 is 13.2 Å². The van der Waals surface area contributed by atoms with Gasteiger partial charge in [0, 0.05) is 31.5 Å². The van der Waals surface area contributed by atoms with Crippen LogP contribution in [0.3, 0.4) is 0 Å². The van der Waals surface area contributed by atoms with Gasteiger partial charge in [-0.3, -0.25) is 9.62 Å². The zero-order valence-corrected chi connectivity index (χ0v) is 13.2. The van der Waals surface area contributed by atoms with Crippen LogP contribution in [0.1, 0.15) is 19.8 Å².